The van der Waals surface area contributed by atoms with Gasteiger partial charge in [-0.15, -0.1) is 0 Å². The number of pyridine rings is 1. The third kappa shape index (κ3) is 1.18. The van der Waals surface area contributed by atoms with Gasteiger partial charge < -0.3 is 0 Å². The van der Waals surface area contributed by atoms with Crippen molar-refractivity contribution in [1.29, 1.82) is 0 Å². The molecule has 0 saturated carbocycles. The van der Waals surface area contributed by atoms with Crippen molar-refractivity contribution in [2.45, 2.75) is 19.9 Å². The molecule has 2 heterocycles. The second-order valence-electron chi connectivity index (χ2n) is 3.02. The van der Waals surface area contributed by atoms with E-state index in [1.807, 2.05) is 0 Å². The van der Waals surface area contributed by atoms with Gasteiger partial charge in [0.2, 0.25) is 5.69 Å². The lowest BCUT2D eigenvalue weighted by atomic mass is 10.2. The average molecular weight is 146 g/mol. The van der Waals surface area contributed by atoms with Crippen molar-refractivity contribution in [3.05, 3.63) is 35.7 Å². The average Bonchev–Trinajstić information content (AvgIpc) is 2.04. The zero-order chi connectivity index (χ0) is 7.68. The van der Waals surface area contributed by atoms with E-state index in [1.165, 1.54) is 17.7 Å². The summed E-state index contributed by atoms with van der Waals surface area (Å²) in [7, 11) is 0. The van der Waals surface area contributed by atoms with E-state index in [-0.39, 0.29) is 0 Å². The van der Waals surface area contributed by atoms with Gasteiger partial charge >= 0.3 is 0 Å². The maximum absolute atomic E-state index is 2.30. The number of allylic oxidation sites excluding steroid dienone is 1. The molecule has 0 bridgehead atoms. The summed E-state index contributed by atoms with van der Waals surface area (Å²) in [4.78, 5) is 0. The Morgan fingerprint density at radius 1 is 1.36 bits per heavy atom. The summed E-state index contributed by atoms with van der Waals surface area (Å²) in [5, 5.41) is 0. The van der Waals surface area contributed by atoms with Crippen molar-refractivity contribution in [3.63, 3.8) is 0 Å². The number of fused-ring (bicyclic) bond motifs is 1. The van der Waals surface area contributed by atoms with E-state index in [0.717, 1.165) is 6.54 Å². The molecule has 2 rings (SSSR count). The summed E-state index contributed by atoms with van der Waals surface area (Å²) < 4.78 is 2.30. The van der Waals surface area contributed by atoms with Crippen molar-refractivity contribution in [2.24, 2.45) is 0 Å². The number of hydrogen-bond donors (Lipinski definition) is 0. The van der Waals surface area contributed by atoms with E-state index in [0.29, 0.717) is 0 Å². The molecule has 0 unspecified atom stereocenters. The molecule has 0 amide bonds. The van der Waals surface area contributed by atoms with E-state index < -0.39 is 0 Å². The molecule has 0 aromatic carbocycles. The summed E-state index contributed by atoms with van der Waals surface area (Å²) in [5.41, 5.74) is 2.66. The fraction of sp³-hybridized carbons (Fsp3) is 0.300. The Labute approximate surface area is 67.0 Å². The fourth-order valence-electron chi connectivity index (χ4n) is 1.44. The largest absolute Gasteiger partial charge is 0.204 e. The third-order valence-corrected chi connectivity index (χ3v) is 2.03. The van der Waals surface area contributed by atoms with Crippen LogP contribution in [0.4, 0.5) is 0 Å². The topological polar surface area (TPSA) is 3.88 Å². The van der Waals surface area contributed by atoms with Gasteiger partial charge in [-0.3, -0.25) is 0 Å². The predicted octanol–water partition coefficient (Wildman–Crippen LogP) is 1.70. The number of aryl methyl sites for hydroxylation is 2. The van der Waals surface area contributed by atoms with Crippen LogP contribution in [-0.2, 0) is 6.54 Å². The first-order valence-electron chi connectivity index (χ1n) is 4.03. The van der Waals surface area contributed by atoms with E-state index in [2.05, 4.69) is 42.0 Å². The van der Waals surface area contributed by atoms with Crippen LogP contribution in [0.3, 0.4) is 0 Å². The number of nitrogens with zero attached hydrogens (tertiary/aromatic N) is 1. The maximum atomic E-state index is 2.30. The standard InChI is InChI=1S/C10H12N/c1-9-5-6-10-4-2-3-7-11(10)8-9/h2,4-6,8H,3,7H2,1H3/q+1. The van der Waals surface area contributed by atoms with E-state index in [9.17, 15) is 0 Å². The van der Waals surface area contributed by atoms with Crippen LogP contribution in [0.1, 0.15) is 17.7 Å². The fourth-order valence-corrected chi connectivity index (χ4v) is 1.44. The Morgan fingerprint density at radius 2 is 2.27 bits per heavy atom. The van der Waals surface area contributed by atoms with Gasteiger partial charge in [0.15, 0.2) is 12.7 Å². The van der Waals surface area contributed by atoms with Crippen molar-refractivity contribution in [2.75, 3.05) is 0 Å². The Bertz CT molecular complexity index is 300. The van der Waals surface area contributed by atoms with Gasteiger partial charge in [-0.05, 0) is 13.0 Å². The smallest absolute Gasteiger partial charge is 0.198 e. The number of aromatic nitrogens is 1. The van der Waals surface area contributed by atoms with Crippen LogP contribution >= 0.6 is 0 Å². The number of rotatable bonds is 0. The van der Waals surface area contributed by atoms with Gasteiger partial charge in [0.05, 0.1) is 0 Å². The Kier molecular flexibility index (Phi) is 1.50. The van der Waals surface area contributed by atoms with E-state index in [4.69, 9.17) is 0 Å². The predicted molar refractivity (Wildman–Crippen MR) is 45.0 cm³/mol. The van der Waals surface area contributed by atoms with Gasteiger partial charge in [0, 0.05) is 24.1 Å². The van der Waals surface area contributed by atoms with Crippen molar-refractivity contribution >= 4 is 6.08 Å². The molecular formula is C10H12N+. The van der Waals surface area contributed by atoms with Crippen LogP contribution in [-0.4, -0.2) is 0 Å². The highest BCUT2D eigenvalue weighted by Gasteiger charge is 2.09. The van der Waals surface area contributed by atoms with Crippen LogP contribution in [0.5, 0.6) is 0 Å². The monoisotopic (exact) mass is 146 g/mol. The second kappa shape index (κ2) is 2.50. The first-order chi connectivity index (χ1) is 5.36. The van der Waals surface area contributed by atoms with Crippen LogP contribution in [0, 0.1) is 6.92 Å². The third-order valence-electron chi connectivity index (χ3n) is 2.03. The SMILES string of the molecule is Cc1ccc2[n+](c1)CCC=C2. The van der Waals surface area contributed by atoms with Gasteiger partial charge in [-0.2, -0.15) is 4.57 Å². The second-order valence-corrected chi connectivity index (χ2v) is 3.02. The molecule has 1 aliphatic rings. The summed E-state index contributed by atoms with van der Waals surface area (Å²) >= 11 is 0. The normalized spacial score (nSPS) is 14.6. The van der Waals surface area contributed by atoms with Crippen molar-refractivity contribution in [1.82, 2.24) is 0 Å². The molecule has 0 spiro atoms. The molecule has 1 aromatic heterocycles. The summed E-state index contributed by atoms with van der Waals surface area (Å²) in [6.45, 7) is 3.26. The van der Waals surface area contributed by atoms with Crippen LogP contribution in [0.15, 0.2) is 24.4 Å². The first kappa shape index (κ1) is 6.59. The molecule has 0 aliphatic carbocycles. The maximum Gasteiger partial charge on any atom is 0.204 e. The van der Waals surface area contributed by atoms with Gasteiger partial charge in [-0.1, -0.05) is 6.08 Å². The van der Waals surface area contributed by atoms with E-state index in [1.54, 1.807) is 0 Å². The minimum absolute atomic E-state index is 1.13. The Hall–Kier alpha value is -1.11. The summed E-state index contributed by atoms with van der Waals surface area (Å²) in [6.07, 6.45) is 7.79. The van der Waals surface area contributed by atoms with Crippen LogP contribution < -0.4 is 4.57 Å². The van der Waals surface area contributed by atoms with Crippen LogP contribution in [0.25, 0.3) is 6.08 Å². The lowest BCUT2D eigenvalue weighted by Gasteiger charge is -2.03. The highest BCUT2D eigenvalue weighted by molar-refractivity contribution is 5.41. The molecule has 1 heteroatoms. The Balaban J connectivity index is 2.53. The van der Waals surface area contributed by atoms with E-state index >= 15 is 0 Å². The minimum Gasteiger partial charge on any atom is -0.198 e. The molecule has 0 fully saturated rings. The minimum atomic E-state index is 1.13. The van der Waals surface area contributed by atoms with Crippen molar-refractivity contribution in [3.8, 4) is 0 Å². The molecular weight excluding hydrogens is 134 g/mol. The quantitative estimate of drug-likeness (QED) is 0.490. The molecule has 0 atom stereocenters. The zero-order valence-corrected chi connectivity index (χ0v) is 6.75. The first-order valence-corrected chi connectivity index (χ1v) is 4.03. The van der Waals surface area contributed by atoms with Gasteiger partial charge in [0.1, 0.15) is 0 Å². The molecule has 11 heavy (non-hydrogen) atoms. The molecule has 0 saturated heterocycles. The number of hydrogen-bond acceptors (Lipinski definition) is 0. The molecule has 1 aromatic rings. The highest BCUT2D eigenvalue weighted by Crippen LogP contribution is 2.04. The molecule has 0 radical (unpaired) electrons. The lowest BCUT2D eigenvalue weighted by Crippen LogP contribution is -2.38. The summed E-state index contributed by atoms with van der Waals surface area (Å²) in [6, 6.07) is 4.33. The van der Waals surface area contributed by atoms with Crippen molar-refractivity contribution < 1.29 is 4.57 Å². The van der Waals surface area contributed by atoms with Gasteiger partial charge in [-0.25, -0.2) is 0 Å². The zero-order valence-electron chi connectivity index (χ0n) is 6.75. The van der Waals surface area contributed by atoms with Gasteiger partial charge in [0.25, 0.3) is 0 Å². The molecule has 0 N–H and O–H groups in total. The molecule has 1 nitrogen and oxygen atoms in total. The Morgan fingerprint density at radius 3 is 3.18 bits per heavy atom. The lowest BCUT2D eigenvalue weighted by molar-refractivity contribution is -0.699. The summed E-state index contributed by atoms with van der Waals surface area (Å²) in [5.74, 6) is 0. The molecule has 1 aliphatic heterocycles. The highest BCUT2D eigenvalue weighted by atomic mass is 15.0. The molecule has 56 valence electrons. The van der Waals surface area contributed by atoms with Crippen LogP contribution in [0.2, 0.25) is 0 Å².